The maximum absolute atomic E-state index is 5.90. The highest BCUT2D eigenvalue weighted by molar-refractivity contribution is 9.10. The molecule has 3 heteroatoms. The zero-order valence-corrected chi connectivity index (χ0v) is 13.8. The molecule has 0 heterocycles. The number of rotatable bonds is 6. The van der Waals surface area contributed by atoms with E-state index in [4.69, 9.17) is 4.74 Å². The fraction of sp³-hybridized carbons (Fsp3) is 0.333. The predicted octanol–water partition coefficient (Wildman–Crippen LogP) is 4.59. The lowest BCUT2D eigenvalue weighted by Gasteiger charge is -2.11. The Morgan fingerprint density at radius 3 is 2.62 bits per heavy atom. The van der Waals surface area contributed by atoms with Crippen LogP contribution < -0.4 is 10.1 Å². The predicted molar refractivity (Wildman–Crippen MR) is 89.5 cm³/mol. The molecule has 2 aromatic carbocycles. The minimum absolute atomic E-state index is 0.609. The molecule has 0 atom stereocenters. The largest absolute Gasteiger partial charge is 0.489 e. The molecule has 1 fully saturated rings. The number of nitrogens with one attached hydrogen (secondary N) is 1. The molecule has 1 saturated carbocycles. The maximum Gasteiger partial charge on any atom is 0.120 e. The Labute approximate surface area is 134 Å². The highest BCUT2D eigenvalue weighted by Gasteiger charge is 2.20. The molecular formula is C18H20BrNO. The zero-order valence-electron chi connectivity index (χ0n) is 12.2. The lowest BCUT2D eigenvalue weighted by molar-refractivity contribution is 0.306. The summed E-state index contributed by atoms with van der Waals surface area (Å²) < 4.78 is 7.04. The van der Waals surface area contributed by atoms with Gasteiger partial charge < -0.3 is 10.1 Å². The summed E-state index contributed by atoms with van der Waals surface area (Å²) in [5, 5.41) is 3.54. The summed E-state index contributed by atoms with van der Waals surface area (Å²) in [5.74, 6) is 0.923. The van der Waals surface area contributed by atoms with Crippen LogP contribution in [0.3, 0.4) is 0 Å². The van der Waals surface area contributed by atoms with Gasteiger partial charge in [-0.25, -0.2) is 0 Å². The number of ether oxygens (including phenoxy) is 1. The van der Waals surface area contributed by atoms with Gasteiger partial charge >= 0.3 is 0 Å². The van der Waals surface area contributed by atoms with Gasteiger partial charge in [0.05, 0.1) is 0 Å². The maximum atomic E-state index is 5.90. The van der Waals surface area contributed by atoms with Gasteiger partial charge in [0.1, 0.15) is 12.4 Å². The van der Waals surface area contributed by atoms with E-state index in [0.717, 1.165) is 16.8 Å². The van der Waals surface area contributed by atoms with E-state index in [0.29, 0.717) is 12.6 Å². The Balaban J connectivity index is 1.61. The Kier molecular flexibility index (Phi) is 4.61. The third-order valence-electron chi connectivity index (χ3n) is 3.70. The van der Waals surface area contributed by atoms with Gasteiger partial charge in [-0.05, 0) is 49.1 Å². The monoisotopic (exact) mass is 345 g/mol. The van der Waals surface area contributed by atoms with E-state index in [9.17, 15) is 0 Å². The molecule has 1 aliphatic rings. The van der Waals surface area contributed by atoms with E-state index < -0.39 is 0 Å². The molecule has 2 aromatic rings. The molecule has 1 N–H and O–H groups in total. The van der Waals surface area contributed by atoms with E-state index in [1.54, 1.807) is 0 Å². The van der Waals surface area contributed by atoms with Gasteiger partial charge in [-0.15, -0.1) is 0 Å². The van der Waals surface area contributed by atoms with E-state index in [2.05, 4.69) is 64.6 Å². The zero-order chi connectivity index (χ0) is 14.7. The normalized spacial score (nSPS) is 14.2. The smallest absolute Gasteiger partial charge is 0.120 e. The van der Waals surface area contributed by atoms with Crippen molar-refractivity contribution in [1.82, 2.24) is 5.32 Å². The number of halogens is 1. The topological polar surface area (TPSA) is 21.3 Å². The Morgan fingerprint density at radius 1 is 1.14 bits per heavy atom. The molecule has 0 amide bonds. The first-order valence-corrected chi connectivity index (χ1v) is 8.20. The van der Waals surface area contributed by atoms with Crippen molar-refractivity contribution in [3.8, 4) is 5.75 Å². The summed E-state index contributed by atoms with van der Waals surface area (Å²) in [7, 11) is 0. The van der Waals surface area contributed by atoms with Crippen LogP contribution in [0.4, 0.5) is 0 Å². The van der Waals surface area contributed by atoms with Crippen LogP contribution in [0.25, 0.3) is 0 Å². The van der Waals surface area contributed by atoms with Gasteiger partial charge in [0.15, 0.2) is 0 Å². The molecule has 0 aliphatic heterocycles. The van der Waals surface area contributed by atoms with Crippen molar-refractivity contribution in [2.24, 2.45) is 0 Å². The first-order chi connectivity index (χ1) is 10.2. The van der Waals surface area contributed by atoms with Crippen LogP contribution in [-0.4, -0.2) is 6.04 Å². The van der Waals surface area contributed by atoms with Crippen molar-refractivity contribution in [2.75, 3.05) is 0 Å². The van der Waals surface area contributed by atoms with Crippen LogP contribution in [0, 0.1) is 6.92 Å². The van der Waals surface area contributed by atoms with Gasteiger partial charge in [0.25, 0.3) is 0 Å². The number of hydrogen-bond acceptors (Lipinski definition) is 2. The van der Waals surface area contributed by atoms with Gasteiger partial charge in [-0.3, -0.25) is 0 Å². The SMILES string of the molecule is Cc1ccc(COc2ccc(Br)c(CNC3CC3)c2)cc1. The Bertz CT molecular complexity index is 605. The minimum atomic E-state index is 0.609. The Morgan fingerprint density at radius 2 is 1.90 bits per heavy atom. The molecule has 1 aliphatic carbocycles. The quantitative estimate of drug-likeness (QED) is 0.826. The van der Waals surface area contributed by atoms with Crippen LogP contribution in [0.15, 0.2) is 46.9 Å². The second kappa shape index (κ2) is 6.63. The van der Waals surface area contributed by atoms with Crippen molar-refractivity contribution in [1.29, 1.82) is 0 Å². The van der Waals surface area contributed by atoms with Crippen molar-refractivity contribution in [3.63, 3.8) is 0 Å². The highest BCUT2D eigenvalue weighted by atomic mass is 79.9. The summed E-state index contributed by atoms with van der Waals surface area (Å²) in [5.41, 5.74) is 3.72. The number of benzene rings is 2. The third kappa shape index (κ3) is 4.32. The first-order valence-electron chi connectivity index (χ1n) is 7.41. The van der Waals surface area contributed by atoms with Gasteiger partial charge in [-0.1, -0.05) is 45.8 Å². The molecule has 0 unspecified atom stereocenters. The van der Waals surface area contributed by atoms with Gasteiger partial charge in [0, 0.05) is 17.1 Å². The first kappa shape index (κ1) is 14.6. The van der Waals surface area contributed by atoms with E-state index in [1.165, 1.54) is 29.5 Å². The molecular weight excluding hydrogens is 326 g/mol. The fourth-order valence-electron chi connectivity index (χ4n) is 2.17. The standard InChI is InChI=1S/C18H20BrNO/c1-13-2-4-14(5-3-13)12-21-17-8-9-18(19)15(10-17)11-20-16-6-7-16/h2-5,8-10,16,20H,6-7,11-12H2,1H3. The second-order valence-corrected chi connectivity index (χ2v) is 6.54. The van der Waals surface area contributed by atoms with Crippen molar-refractivity contribution in [2.45, 2.75) is 39.0 Å². The summed E-state index contributed by atoms with van der Waals surface area (Å²) in [4.78, 5) is 0. The molecule has 2 nitrogen and oxygen atoms in total. The molecule has 0 radical (unpaired) electrons. The third-order valence-corrected chi connectivity index (χ3v) is 4.48. The van der Waals surface area contributed by atoms with E-state index >= 15 is 0 Å². The van der Waals surface area contributed by atoms with Crippen LogP contribution >= 0.6 is 15.9 Å². The molecule has 0 saturated heterocycles. The van der Waals surface area contributed by atoms with Crippen molar-refractivity contribution < 1.29 is 4.74 Å². The summed E-state index contributed by atoms with van der Waals surface area (Å²) in [6, 6.07) is 15.4. The lowest BCUT2D eigenvalue weighted by Crippen LogP contribution is -2.15. The molecule has 0 aromatic heterocycles. The molecule has 0 spiro atoms. The number of hydrogen-bond donors (Lipinski definition) is 1. The van der Waals surface area contributed by atoms with E-state index in [1.807, 2.05) is 6.07 Å². The molecule has 3 rings (SSSR count). The summed E-state index contributed by atoms with van der Waals surface area (Å²) in [6.45, 7) is 3.60. The molecule has 0 bridgehead atoms. The Hall–Kier alpha value is -1.32. The average Bonchev–Trinajstić information content (AvgIpc) is 3.31. The van der Waals surface area contributed by atoms with Crippen molar-refractivity contribution >= 4 is 15.9 Å². The second-order valence-electron chi connectivity index (χ2n) is 5.68. The van der Waals surface area contributed by atoms with Crippen LogP contribution in [0.5, 0.6) is 5.75 Å². The van der Waals surface area contributed by atoms with Crippen LogP contribution in [0.1, 0.15) is 29.5 Å². The molecule has 110 valence electrons. The van der Waals surface area contributed by atoms with Crippen LogP contribution in [0.2, 0.25) is 0 Å². The van der Waals surface area contributed by atoms with Gasteiger partial charge in [0.2, 0.25) is 0 Å². The summed E-state index contributed by atoms with van der Waals surface area (Å²) in [6.07, 6.45) is 2.61. The van der Waals surface area contributed by atoms with Crippen molar-refractivity contribution in [3.05, 3.63) is 63.6 Å². The number of aryl methyl sites for hydroxylation is 1. The fourth-order valence-corrected chi connectivity index (χ4v) is 2.56. The average molecular weight is 346 g/mol. The summed E-state index contributed by atoms with van der Waals surface area (Å²) >= 11 is 3.61. The molecule has 21 heavy (non-hydrogen) atoms. The minimum Gasteiger partial charge on any atom is -0.489 e. The van der Waals surface area contributed by atoms with Gasteiger partial charge in [-0.2, -0.15) is 0 Å². The van der Waals surface area contributed by atoms with Crippen LogP contribution in [-0.2, 0) is 13.2 Å². The highest BCUT2D eigenvalue weighted by Crippen LogP contribution is 2.25. The van der Waals surface area contributed by atoms with E-state index in [-0.39, 0.29) is 0 Å². The lowest BCUT2D eigenvalue weighted by atomic mass is 10.2.